The number of nitrogens with zero attached hydrogens (tertiary/aromatic N) is 3. The van der Waals surface area contributed by atoms with Gasteiger partial charge in [-0.25, -0.2) is 0 Å². The molecule has 0 aliphatic heterocycles. The first-order valence-corrected chi connectivity index (χ1v) is 5.41. The van der Waals surface area contributed by atoms with Crippen molar-refractivity contribution >= 4 is 0 Å². The van der Waals surface area contributed by atoms with Gasteiger partial charge in [-0.2, -0.15) is 0 Å². The van der Waals surface area contributed by atoms with Gasteiger partial charge in [0.15, 0.2) is 0 Å². The molecule has 0 aliphatic rings. The van der Waals surface area contributed by atoms with Crippen LogP contribution < -0.4 is 0 Å². The standard InChI is InChI=1S/C13H15N3/c1-9(2)12-6-11(7-16-10(12)3)13-8-14-4-5-15-13/h4-9H,1-3H3. The topological polar surface area (TPSA) is 38.7 Å². The highest BCUT2D eigenvalue weighted by atomic mass is 14.8. The first kappa shape index (κ1) is 10.7. The van der Waals surface area contributed by atoms with Gasteiger partial charge in [-0.1, -0.05) is 13.8 Å². The molecular weight excluding hydrogens is 198 g/mol. The summed E-state index contributed by atoms with van der Waals surface area (Å²) in [5, 5.41) is 0. The van der Waals surface area contributed by atoms with Crippen molar-refractivity contribution in [2.75, 3.05) is 0 Å². The van der Waals surface area contributed by atoms with Gasteiger partial charge in [0.1, 0.15) is 0 Å². The summed E-state index contributed by atoms with van der Waals surface area (Å²) in [6.07, 6.45) is 6.99. The number of pyridine rings is 1. The van der Waals surface area contributed by atoms with Crippen LogP contribution in [0, 0.1) is 6.92 Å². The molecule has 0 amide bonds. The third-order valence-electron chi connectivity index (χ3n) is 2.61. The Balaban J connectivity index is 2.48. The quantitative estimate of drug-likeness (QED) is 0.769. The zero-order valence-electron chi connectivity index (χ0n) is 9.81. The summed E-state index contributed by atoms with van der Waals surface area (Å²) in [6.45, 7) is 6.38. The minimum Gasteiger partial charge on any atom is -0.261 e. The van der Waals surface area contributed by atoms with E-state index in [1.807, 2.05) is 13.1 Å². The minimum atomic E-state index is 0.476. The van der Waals surface area contributed by atoms with Gasteiger partial charge in [0.05, 0.1) is 11.9 Å². The van der Waals surface area contributed by atoms with E-state index in [0.717, 1.165) is 17.0 Å². The van der Waals surface area contributed by atoms with Crippen molar-refractivity contribution < 1.29 is 0 Å². The molecular formula is C13H15N3. The first-order valence-electron chi connectivity index (χ1n) is 5.41. The van der Waals surface area contributed by atoms with E-state index in [0.29, 0.717) is 5.92 Å². The molecule has 16 heavy (non-hydrogen) atoms. The predicted octanol–water partition coefficient (Wildman–Crippen LogP) is 2.97. The summed E-state index contributed by atoms with van der Waals surface area (Å²) >= 11 is 0. The normalized spacial score (nSPS) is 10.8. The molecule has 82 valence electrons. The van der Waals surface area contributed by atoms with E-state index in [9.17, 15) is 0 Å². The van der Waals surface area contributed by atoms with Crippen molar-refractivity contribution in [1.82, 2.24) is 15.0 Å². The highest BCUT2D eigenvalue weighted by Gasteiger charge is 2.07. The summed E-state index contributed by atoms with van der Waals surface area (Å²) < 4.78 is 0. The van der Waals surface area contributed by atoms with Crippen LogP contribution >= 0.6 is 0 Å². The second kappa shape index (κ2) is 4.39. The molecule has 3 heteroatoms. The van der Waals surface area contributed by atoms with Crippen LogP contribution in [0.15, 0.2) is 30.9 Å². The Hall–Kier alpha value is -1.77. The van der Waals surface area contributed by atoms with Crippen LogP contribution in [0.25, 0.3) is 11.3 Å². The maximum atomic E-state index is 4.41. The first-order chi connectivity index (χ1) is 7.68. The van der Waals surface area contributed by atoms with Crippen LogP contribution in [-0.2, 0) is 0 Å². The average Bonchev–Trinajstić information content (AvgIpc) is 2.30. The third-order valence-corrected chi connectivity index (χ3v) is 2.61. The Morgan fingerprint density at radius 1 is 1.06 bits per heavy atom. The molecule has 0 aliphatic carbocycles. The van der Waals surface area contributed by atoms with Crippen LogP contribution in [0.5, 0.6) is 0 Å². The maximum absolute atomic E-state index is 4.41. The van der Waals surface area contributed by atoms with Crippen molar-refractivity contribution in [3.8, 4) is 11.3 Å². The molecule has 2 heterocycles. The van der Waals surface area contributed by atoms with E-state index in [2.05, 4.69) is 34.9 Å². The Kier molecular flexibility index (Phi) is 2.95. The van der Waals surface area contributed by atoms with Crippen molar-refractivity contribution in [2.45, 2.75) is 26.7 Å². The second-order valence-corrected chi connectivity index (χ2v) is 4.14. The Morgan fingerprint density at radius 2 is 1.88 bits per heavy atom. The number of rotatable bonds is 2. The number of hydrogen-bond acceptors (Lipinski definition) is 3. The molecule has 0 unspecified atom stereocenters. The highest BCUT2D eigenvalue weighted by Crippen LogP contribution is 2.23. The van der Waals surface area contributed by atoms with E-state index < -0.39 is 0 Å². The van der Waals surface area contributed by atoms with E-state index >= 15 is 0 Å². The van der Waals surface area contributed by atoms with Gasteiger partial charge < -0.3 is 0 Å². The van der Waals surface area contributed by atoms with E-state index in [1.54, 1.807) is 18.6 Å². The summed E-state index contributed by atoms with van der Waals surface area (Å²) in [5.74, 6) is 0.476. The van der Waals surface area contributed by atoms with Crippen molar-refractivity contribution in [3.63, 3.8) is 0 Å². The maximum Gasteiger partial charge on any atom is 0.0900 e. The van der Waals surface area contributed by atoms with Crippen LogP contribution in [0.3, 0.4) is 0 Å². The monoisotopic (exact) mass is 213 g/mol. The molecule has 0 saturated carbocycles. The number of aromatic nitrogens is 3. The fourth-order valence-electron chi connectivity index (χ4n) is 1.72. The fraction of sp³-hybridized carbons (Fsp3) is 0.308. The van der Waals surface area contributed by atoms with Gasteiger partial charge in [0.2, 0.25) is 0 Å². The number of aryl methyl sites for hydroxylation is 1. The van der Waals surface area contributed by atoms with Crippen LogP contribution in [0.2, 0.25) is 0 Å². The van der Waals surface area contributed by atoms with Crippen molar-refractivity contribution in [1.29, 1.82) is 0 Å². The van der Waals surface area contributed by atoms with Gasteiger partial charge >= 0.3 is 0 Å². The Morgan fingerprint density at radius 3 is 2.50 bits per heavy atom. The SMILES string of the molecule is Cc1ncc(-c2cnccn2)cc1C(C)C. The molecule has 2 aromatic heterocycles. The lowest BCUT2D eigenvalue weighted by atomic mass is 9.99. The average molecular weight is 213 g/mol. The molecule has 0 aromatic carbocycles. The molecule has 0 N–H and O–H groups in total. The zero-order chi connectivity index (χ0) is 11.5. The summed E-state index contributed by atoms with van der Waals surface area (Å²) in [6, 6.07) is 2.15. The summed E-state index contributed by atoms with van der Waals surface area (Å²) in [4.78, 5) is 12.8. The number of hydrogen-bond donors (Lipinski definition) is 0. The summed E-state index contributed by atoms with van der Waals surface area (Å²) in [5.41, 5.74) is 4.25. The molecule has 0 spiro atoms. The van der Waals surface area contributed by atoms with Gasteiger partial charge in [-0.3, -0.25) is 15.0 Å². The lowest BCUT2D eigenvalue weighted by Crippen LogP contribution is -1.96. The van der Waals surface area contributed by atoms with Gasteiger partial charge in [-0.05, 0) is 24.5 Å². The largest absolute Gasteiger partial charge is 0.261 e. The molecule has 2 aromatic rings. The van der Waals surface area contributed by atoms with Gasteiger partial charge in [0.25, 0.3) is 0 Å². The van der Waals surface area contributed by atoms with Gasteiger partial charge in [0, 0.05) is 29.8 Å². The third kappa shape index (κ3) is 2.08. The molecule has 0 atom stereocenters. The zero-order valence-corrected chi connectivity index (χ0v) is 9.81. The van der Waals surface area contributed by atoms with Crippen molar-refractivity contribution in [3.05, 3.63) is 42.1 Å². The van der Waals surface area contributed by atoms with Crippen LogP contribution in [0.4, 0.5) is 0 Å². The van der Waals surface area contributed by atoms with Crippen LogP contribution in [-0.4, -0.2) is 15.0 Å². The highest BCUT2D eigenvalue weighted by molar-refractivity contribution is 5.58. The predicted molar refractivity (Wildman–Crippen MR) is 64.1 cm³/mol. The van der Waals surface area contributed by atoms with E-state index in [4.69, 9.17) is 0 Å². The molecule has 0 bridgehead atoms. The smallest absolute Gasteiger partial charge is 0.0900 e. The fourth-order valence-corrected chi connectivity index (χ4v) is 1.72. The summed E-state index contributed by atoms with van der Waals surface area (Å²) in [7, 11) is 0. The lowest BCUT2D eigenvalue weighted by Gasteiger charge is -2.10. The molecule has 3 nitrogen and oxygen atoms in total. The Labute approximate surface area is 95.6 Å². The Bertz CT molecular complexity index is 478. The van der Waals surface area contributed by atoms with E-state index in [-0.39, 0.29) is 0 Å². The molecule has 0 radical (unpaired) electrons. The van der Waals surface area contributed by atoms with E-state index in [1.165, 1.54) is 5.56 Å². The minimum absolute atomic E-state index is 0.476. The molecule has 0 saturated heterocycles. The van der Waals surface area contributed by atoms with Crippen molar-refractivity contribution in [2.24, 2.45) is 0 Å². The van der Waals surface area contributed by atoms with Crippen LogP contribution in [0.1, 0.15) is 31.0 Å². The van der Waals surface area contributed by atoms with Gasteiger partial charge in [-0.15, -0.1) is 0 Å². The molecule has 0 fully saturated rings. The second-order valence-electron chi connectivity index (χ2n) is 4.14. The lowest BCUT2D eigenvalue weighted by molar-refractivity contribution is 0.843. The molecule has 2 rings (SSSR count).